The van der Waals surface area contributed by atoms with E-state index in [0.717, 1.165) is 57.3 Å². The van der Waals surface area contributed by atoms with Gasteiger partial charge >= 0.3 is 0 Å². The number of piperazine rings is 1. The quantitative estimate of drug-likeness (QED) is 0.861. The molecule has 1 aromatic rings. The zero-order valence-electron chi connectivity index (χ0n) is 13.1. The van der Waals surface area contributed by atoms with E-state index in [4.69, 9.17) is 4.98 Å². The van der Waals surface area contributed by atoms with Gasteiger partial charge in [0.05, 0.1) is 5.69 Å². The summed E-state index contributed by atoms with van der Waals surface area (Å²) in [4.78, 5) is 9.68. The number of likely N-dealkylation sites (N-methyl/N-ethyl adjacent to an activating group) is 1. The van der Waals surface area contributed by atoms with Gasteiger partial charge in [-0.05, 0) is 31.1 Å². The van der Waals surface area contributed by atoms with Crippen LogP contribution in [0, 0.1) is 5.92 Å². The van der Waals surface area contributed by atoms with Gasteiger partial charge in [0.25, 0.3) is 0 Å². The molecule has 0 saturated carbocycles. The molecule has 0 radical (unpaired) electrons. The summed E-state index contributed by atoms with van der Waals surface area (Å²) >= 11 is 0. The Kier molecular flexibility index (Phi) is 5.80. The Morgan fingerprint density at radius 2 is 1.95 bits per heavy atom. The van der Waals surface area contributed by atoms with Crippen molar-refractivity contribution in [3.63, 3.8) is 0 Å². The number of hydrogen-bond acceptors (Lipinski definition) is 4. The van der Waals surface area contributed by atoms with E-state index in [1.54, 1.807) is 0 Å². The maximum absolute atomic E-state index is 4.79. The van der Waals surface area contributed by atoms with Crippen LogP contribution < -0.4 is 10.2 Å². The normalized spacial score (nSPS) is 16.9. The Hall–Kier alpha value is -1.13. The van der Waals surface area contributed by atoms with Crippen molar-refractivity contribution in [3.8, 4) is 0 Å². The molecule has 1 aliphatic rings. The summed E-state index contributed by atoms with van der Waals surface area (Å²) in [6.07, 6.45) is 0. The van der Waals surface area contributed by atoms with Crippen molar-refractivity contribution in [2.45, 2.75) is 27.3 Å². The molecule has 0 aliphatic carbocycles. The van der Waals surface area contributed by atoms with Gasteiger partial charge in [-0.1, -0.05) is 26.8 Å². The van der Waals surface area contributed by atoms with E-state index in [-0.39, 0.29) is 0 Å². The van der Waals surface area contributed by atoms with E-state index in [2.05, 4.69) is 54.1 Å². The fourth-order valence-corrected chi connectivity index (χ4v) is 2.52. The van der Waals surface area contributed by atoms with Gasteiger partial charge in [-0.2, -0.15) is 0 Å². The van der Waals surface area contributed by atoms with E-state index in [0.29, 0.717) is 5.92 Å². The van der Waals surface area contributed by atoms with Crippen molar-refractivity contribution in [2.24, 2.45) is 5.92 Å². The molecule has 0 aromatic carbocycles. The fraction of sp³-hybridized carbons (Fsp3) is 0.688. The van der Waals surface area contributed by atoms with Crippen LogP contribution in [-0.4, -0.2) is 49.2 Å². The monoisotopic (exact) mass is 276 g/mol. The van der Waals surface area contributed by atoms with Gasteiger partial charge in [0.1, 0.15) is 5.82 Å². The molecule has 2 heterocycles. The average Bonchev–Trinajstić information content (AvgIpc) is 2.47. The Bertz CT molecular complexity index is 397. The fourth-order valence-electron chi connectivity index (χ4n) is 2.52. The van der Waals surface area contributed by atoms with Crippen LogP contribution in [0.2, 0.25) is 0 Å². The van der Waals surface area contributed by atoms with Gasteiger partial charge in [-0.15, -0.1) is 0 Å². The van der Waals surface area contributed by atoms with Crippen LogP contribution in [-0.2, 0) is 6.54 Å². The van der Waals surface area contributed by atoms with E-state index >= 15 is 0 Å². The molecule has 0 spiro atoms. The zero-order chi connectivity index (χ0) is 14.4. The highest BCUT2D eigenvalue weighted by molar-refractivity contribution is 5.39. The molecule has 1 fully saturated rings. The number of aromatic nitrogens is 1. The Morgan fingerprint density at radius 3 is 2.60 bits per heavy atom. The Morgan fingerprint density at radius 1 is 1.20 bits per heavy atom. The second kappa shape index (κ2) is 7.60. The van der Waals surface area contributed by atoms with Crippen LogP contribution in [0.4, 0.5) is 5.82 Å². The molecular formula is C16H28N4. The minimum Gasteiger partial charge on any atom is -0.354 e. The molecule has 1 saturated heterocycles. The molecule has 1 aliphatic heterocycles. The molecule has 0 bridgehead atoms. The van der Waals surface area contributed by atoms with Crippen molar-refractivity contribution >= 4 is 5.82 Å². The molecule has 112 valence electrons. The molecule has 0 atom stereocenters. The molecule has 1 N–H and O–H groups in total. The summed E-state index contributed by atoms with van der Waals surface area (Å²) in [6.45, 7) is 14.2. The smallest absolute Gasteiger partial charge is 0.128 e. The third-order valence-corrected chi connectivity index (χ3v) is 3.79. The first kappa shape index (κ1) is 15.3. The molecule has 0 amide bonds. The number of hydrogen-bond donors (Lipinski definition) is 1. The van der Waals surface area contributed by atoms with Gasteiger partial charge < -0.3 is 15.1 Å². The van der Waals surface area contributed by atoms with E-state index in [1.165, 1.54) is 0 Å². The van der Waals surface area contributed by atoms with Crippen molar-refractivity contribution in [2.75, 3.05) is 44.2 Å². The van der Waals surface area contributed by atoms with Crippen LogP contribution in [0.1, 0.15) is 26.5 Å². The Balaban J connectivity index is 1.89. The summed E-state index contributed by atoms with van der Waals surface area (Å²) in [6, 6.07) is 6.37. The predicted octanol–water partition coefficient (Wildman–Crippen LogP) is 1.97. The number of nitrogens with one attached hydrogen (secondary N) is 1. The van der Waals surface area contributed by atoms with Crippen LogP contribution in [0.3, 0.4) is 0 Å². The lowest BCUT2D eigenvalue weighted by Crippen LogP contribution is -2.46. The average molecular weight is 276 g/mol. The summed E-state index contributed by atoms with van der Waals surface area (Å²) in [7, 11) is 0. The third kappa shape index (κ3) is 4.46. The maximum Gasteiger partial charge on any atom is 0.128 e. The third-order valence-electron chi connectivity index (χ3n) is 3.79. The van der Waals surface area contributed by atoms with E-state index < -0.39 is 0 Å². The van der Waals surface area contributed by atoms with Gasteiger partial charge in [-0.25, -0.2) is 4.98 Å². The minimum absolute atomic E-state index is 0.681. The molecule has 0 unspecified atom stereocenters. The number of anilines is 1. The van der Waals surface area contributed by atoms with Crippen LogP contribution in [0.15, 0.2) is 18.2 Å². The SMILES string of the molecule is CCN1CCN(c2cccc(CNCC(C)C)n2)CC1. The lowest BCUT2D eigenvalue weighted by molar-refractivity contribution is 0.270. The highest BCUT2D eigenvalue weighted by Gasteiger charge is 2.16. The van der Waals surface area contributed by atoms with Gasteiger partial charge in [0.15, 0.2) is 0 Å². The summed E-state index contributed by atoms with van der Waals surface area (Å²) in [5, 5.41) is 3.46. The van der Waals surface area contributed by atoms with E-state index in [1.807, 2.05) is 0 Å². The second-order valence-corrected chi connectivity index (χ2v) is 5.93. The molecule has 20 heavy (non-hydrogen) atoms. The number of rotatable bonds is 6. The Labute approximate surface area is 123 Å². The van der Waals surface area contributed by atoms with Crippen molar-refractivity contribution in [1.82, 2.24) is 15.2 Å². The van der Waals surface area contributed by atoms with Crippen molar-refractivity contribution in [1.29, 1.82) is 0 Å². The van der Waals surface area contributed by atoms with Crippen LogP contribution >= 0.6 is 0 Å². The minimum atomic E-state index is 0.681. The van der Waals surface area contributed by atoms with Gasteiger partial charge in [0.2, 0.25) is 0 Å². The van der Waals surface area contributed by atoms with Gasteiger partial charge in [0, 0.05) is 32.7 Å². The standard InChI is InChI=1S/C16H28N4/c1-4-19-8-10-20(11-9-19)16-7-5-6-15(18-16)13-17-12-14(2)3/h5-7,14,17H,4,8-13H2,1-3H3. The van der Waals surface area contributed by atoms with Gasteiger partial charge in [-0.3, -0.25) is 0 Å². The van der Waals surface area contributed by atoms with Crippen LogP contribution in [0.25, 0.3) is 0 Å². The number of pyridine rings is 1. The van der Waals surface area contributed by atoms with Crippen molar-refractivity contribution in [3.05, 3.63) is 23.9 Å². The molecule has 2 rings (SSSR count). The van der Waals surface area contributed by atoms with Crippen molar-refractivity contribution < 1.29 is 0 Å². The molecule has 1 aromatic heterocycles. The molecular weight excluding hydrogens is 248 g/mol. The topological polar surface area (TPSA) is 31.4 Å². The number of nitrogens with zero attached hydrogens (tertiary/aromatic N) is 3. The summed E-state index contributed by atoms with van der Waals surface area (Å²) < 4.78 is 0. The first-order valence-corrected chi connectivity index (χ1v) is 7.83. The summed E-state index contributed by atoms with van der Waals surface area (Å²) in [5.41, 5.74) is 1.14. The first-order chi connectivity index (χ1) is 9.69. The molecule has 4 heteroatoms. The maximum atomic E-state index is 4.79. The lowest BCUT2D eigenvalue weighted by atomic mass is 10.2. The highest BCUT2D eigenvalue weighted by atomic mass is 15.3. The predicted molar refractivity (Wildman–Crippen MR) is 85.1 cm³/mol. The second-order valence-electron chi connectivity index (χ2n) is 5.93. The van der Waals surface area contributed by atoms with E-state index in [9.17, 15) is 0 Å². The first-order valence-electron chi connectivity index (χ1n) is 7.83. The molecule has 4 nitrogen and oxygen atoms in total. The van der Waals surface area contributed by atoms with Crippen LogP contribution in [0.5, 0.6) is 0 Å². The lowest BCUT2D eigenvalue weighted by Gasteiger charge is -2.34. The highest BCUT2D eigenvalue weighted by Crippen LogP contribution is 2.14. The summed E-state index contributed by atoms with van der Waals surface area (Å²) in [5.74, 6) is 1.81. The zero-order valence-corrected chi connectivity index (χ0v) is 13.1. The largest absolute Gasteiger partial charge is 0.354 e.